The summed E-state index contributed by atoms with van der Waals surface area (Å²) in [5.74, 6) is 0. The highest BCUT2D eigenvalue weighted by Gasteiger charge is 2.04. The predicted octanol–water partition coefficient (Wildman–Crippen LogP) is 2.47. The van der Waals surface area contributed by atoms with Gasteiger partial charge in [-0.2, -0.15) is 5.10 Å². The van der Waals surface area contributed by atoms with Crippen LogP contribution in [0.2, 0.25) is 0 Å². The van der Waals surface area contributed by atoms with Gasteiger partial charge < -0.3 is 9.73 Å². The molecule has 1 aromatic carbocycles. The Hall–Kier alpha value is -2.56. The van der Waals surface area contributed by atoms with E-state index in [0.717, 1.165) is 16.9 Å². The first-order valence-electron chi connectivity index (χ1n) is 5.62. The first-order chi connectivity index (χ1) is 8.93. The molecule has 0 saturated heterocycles. The summed E-state index contributed by atoms with van der Waals surface area (Å²) in [6.45, 7) is 0.711. The van der Waals surface area contributed by atoms with Gasteiger partial charge >= 0.3 is 0 Å². The zero-order chi connectivity index (χ0) is 12.2. The van der Waals surface area contributed by atoms with Gasteiger partial charge in [-0.1, -0.05) is 12.1 Å². The van der Waals surface area contributed by atoms with Gasteiger partial charge in [0.15, 0.2) is 0 Å². The van der Waals surface area contributed by atoms with Gasteiger partial charge in [0, 0.05) is 12.1 Å². The van der Waals surface area contributed by atoms with E-state index in [0.29, 0.717) is 6.54 Å². The molecule has 1 N–H and O–H groups in total. The van der Waals surface area contributed by atoms with Crippen LogP contribution >= 0.6 is 0 Å². The molecular formula is C13H12N4O. The van der Waals surface area contributed by atoms with Crippen LogP contribution in [0.25, 0.3) is 5.69 Å². The van der Waals surface area contributed by atoms with Crippen molar-refractivity contribution in [2.24, 2.45) is 0 Å². The highest BCUT2D eigenvalue weighted by atomic mass is 16.3. The third-order valence-electron chi connectivity index (χ3n) is 2.63. The van der Waals surface area contributed by atoms with Crippen LogP contribution in [0.1, 0.15) is 5.56 Å². The third kappa shape index (κ3) is 2.10. The molecule has 3 rings (SSSR count). The van der Waals surface area contributed by atoms with Gasteiger partial charge in [-0.05, 0) is 18.2 Å². The Morgan fingerprint density at radius 1 is 1.22 bits per heavy atom. The Morgan fingerprint density at radius 3 is 2.94 bits per heavy atom. The summed E-state index contributed by atoms with van der Waals surface area (Å²) in [5.41, 5.74) is 3.08. The minimum Gasteiger partial charge on any atom is -0.472 e. The molecule has 0 bridgehead atoms. The normalized spacial score (nSPS) is 10.4. The second kappa shape index (κ2) is 4.75. The van der Waals surface area contributed by atoms with E-state index in [1.54, 1.807) is 23.5 Å². The first-order valence-corrected chi connectivity index (χ1v) is 5.62. The summed E-state index contributed by atoms with van der Waals surface area (Å²) in [6, 6.07) is 9.90. The summed E-state index contributed by atoms with van der Waals surface area (Å²) >= 11 is 0. The number of para-hydroxylation sites is 2. The van der Waals surface area contributed by atoms with Crippen LogP contribution in [0, 0.1) is 0 Å². The molecule has 0 unspecified atom stereocenters. The van der Waals surface area contributed by atoms with Crippen molar-refractivity contribution in [2.75, 3.05) is 5.32 Å². The van der Waals surface area contributed by atoms with Crippen LogP contribution in [0.4, 0.5) is 5.69 Å². The Bertz CT molecular complexity index is 602. The van der Waals surface area contributed by atoms with E-state index in [2.05, 4.69) is 15.4 Å². The molecule has 0 radical (unpaired) electrons. The predicted molar refractivity (Wildman–Crippen MR) is 67.4 cm³/mol. The monoisotopic (exact) mass is 240 g/mol. The van der Waals surface area contributed by atoms with E-state index in [1.165, 1.54) is 6.33 Å². The van der Waals surface area contributed by atoms with Gasteiger partial charge in [-0.25, -0.2) is 9.67 Å². The summed E-state index contributed by atoms with van der Waals surface area (Å²) in [6.07, 6.45) is 6.59. The number of hydrogen-bond donors (Lipinski definition) is 1. The Kier molecular flexibility index (Phi) is 2.79. The van der Waals surface area contributed by atoms with Crippen molar-refractivity contribution < 1.29 is 4.42 Å². The van der Waals surface area contributed by atoms with E-state index in [9.17, 15) is 0 Å². The quantitative estimate of drug-likeness (QED) is 0.761. The molecule has 0 saturated carbocycles. The van der Waals surface area contributed by atoms with E-state index in [4.69, 9.17) is 4.42 Å². The molecule has 5 nitrogen and oxygen atoms in total. The second-order valence-corrected chi connectivity index (χ2v) is 3.84. The van der Waals surface area contributed by atoms with Gasteiger partial charge in [-0.15, -0.1) is 0 Å². The van der Waals surface area contributed by atoms with Crippen LogP contribution in [0.3, 0.4) is 0 Å². The van der Waals surface area contributed by atoms with E-state index < -0.39 is 0 Å². The molecule has 3 aromatic rings. The van der Waals surface area contributed by atoms with E-state index in [-0.39, 0.29) is 0 Å². The number of aromatic nitrogens is 3. The zero-order valence-electron chi connectivity index (χ0n) is 9.65. The number of rotatable bonds is 4. The first kappa shape index (κ1) is 10.6. The minimum absolute atomic E-state index is 0.711. The highest BCUT2D eigenvalue weighted by molar-refractivity contribution is 5.60. The van der Waals surface area contributed by atoms with Crippen molar-refractivity contribution >= 4 is 5.69 Å². The summed E-state index contributed by atoms with van der Waals surface area (Å²) in [5, 5.41) is 7.49. The fraction of sp³-hybridized carbons (Fsp3) is 0.0769. The largest absolute Gasteiger partial charge is 0.472 e. The molecule has 18 heavy (non-hydrogen) atoms. The molecule has 5 heteroatoms. The molecule has 0 spiro atoms. The summed E-state index contributed by atoms with van der Waals surface area (Å²) < 4.78 is 6.77. The van der Waals surface area contributed by atoms with Crippen LogP contribution in [0.15, 0.2) is 59.9 Å². The van der Waals surface area contributed by atoms with Crippen molar-refractivity contribution in [3.63, 3.8) is 0 Å². The standard InChI is InChI=1S/C13H12N4O/c1-2-4-13(17-10-14-9-16-17)12(3-1)15-7-11-5-6-18-8-11/h1-6,8-10,15H,7H2. The van der Waals surface area contributed by atoms with E-state index >= 15 is 0 Å². The van der Waals surface area contributed by atoms with Crippen molar-refractivity contribution in [3.8, 4) is 5.69 Å². The van der Waals surface area contributed by atoms with Gasteiger partial charge in [0.05, 0.1) is 23.9 Å². The van der Waals surface area contributed by atoms with Gasteiger partial charge in [0.1, 0.15) is 12.7 Å². The number of furan rings is 1. The lowest BCUT2D eigenvalue weighted by Crippen LogP contribution is -2.04. The Balaban J connectivity index is 1.84. The van der Waals surface area contributed by atoms with Crippen molar-refractivity contribution in [3.05, 3.63) is 61.1 Å². The Morgan fingerprint density at radius 2 is 2.17 bits per heavy atom. The molecule has 0 aliphatic carbocycles. The average molecular weight is 240 g/mol. The maximum atomic E-state index is 5.04. The lowest BCUT2D eigenvalue weighted by atomic mass is 10.2. The topological polar surface area (TPSA) is 55.9 Å². The van der Waals surface area contributed by atoms with Gasteiger partial charge in [0.25, 0.3) is 0 Å². The minimum atomic E-state index is 0.711. The van der Waals surface area contributed by atoms with Crippen molar-refractivity contribution in [1.29, 1.82) is 0 Å². The van der Waals surface area contributed by atoms with Crippen LogP contribution in [0.5, 0.6) is 0 Å². The molecular weight excluding hydrogens is 228 g/mol. The van der Waals surface area contributed by atoms with Crippen LogP contribution < -0.4 is 5.32 Å². The lowest BCUT2D eigenvalue weighted by molar-refractivity contribution is 0.564. The molecule has 0 aliphatic rings. The molecule has 0 fully saturated rings. The Labute approximate surface area is 104 Å². The average Bonchev–Trinajstić information content (AvgIpc) is 3.10. The molecule has 90 valence electrons. The number of nitrogens with one attached hydrogen (secondary N) is 1. The summed E-state index contributed by atoms with van der Waals surface area (Å²) in [7, 11) is 0. The molecule has 0 amide bonds. The number of nitrogens with zero attached hydrogens (tertiary/aromatic N) is 3. The van der Waals surface area contributed by atoms with E-state index in [1.807, 2.05) is 30.3 Å². The molecule has 2 aromatic heterocycles. The van der Waals surface area contributed by atoms with Crippen molar-refractivity contribution in [1.82, 2.24) is 14.8 Å². The SMILES string of the molecule is c1ccc(-n2cncn2)c(NCc2ccoc2)c1. The van der Waals surface area contributed by atoms with Crippen molar-refractivity contribution in [2.45, 2.75) is 6.54 Å². The molecule has 0 atom stereocenters. The number of benzene rings is 1. The maximum Gasteiger partial charge on any atom is 0.138 e. The van der Waals surface area contributed by atoms with Crippen LogP contribution in [-0.2, 0) is 6.54 Å². The fourth-order valence-corrected chi connectivity index (χ4v) is 1.75. The fourth-order valence-electron chi connectivity index (χ4n) is 1.75. The zero-order valence-corrected chi connectivity index (χ0v) is 9.65. The number of hydrogen-bond acceptors (Lipinski definition) is 4. The van der Waals surface area contributed by atoms with Gasteiger partial charge in [-0.3, -0.25) is 0 Å². The highest BCUT2D eigenvalue weighted by Crippen LogP contribution is 2.19. The van der Waals surface area contributed by atoms with Crippen LogP contribution in [-0.4, -0.2) is 14.8 Å². The molecule has 0 aliphatic heterocycles. The smallest absolute Gasteiger partial charge is 0.138 e. The third-order valence-corrected chi connectivity index (χ3v) is 2.63. The van der Waals surface area contributed by atoms with Gasteiger partial charge in [0.2, 0.25) is 0 Å². The second-order valence-electron chi connectivity index (χ2n) is 3.84. The summed E-state index contributed by atoms with van der Waals surface area (Å²) in [4.78, 5) is 3.96. The lowest BCUT2D eigenvalue weighted by Gasteiger charge is -2.10. The molecule has 2 heterocycles. The number of anilines is 1. The maximum absolute atomic E-state index is 5.04.